The van der Waals surface area contributed by atoms with Crippen molar-refractivity contribution >= 4 is 0 Å². The van der Waals surface area contributed by atoms with Crippen molar-refractivity contribution in [2.45, 2.75) is 59.5 Å². The third kappa shape index (κ3) is 2.46. The van der Waals surface area contributed by atoms with Gasteiger partial charge in [-0.15, -0.1) is 0 Å². The minimum absolute atomic E-state index is 0.390. The molecule has 0 aliphatic heterocycles. The summed E-state index contributed by atoms with van der Waals surface area (Å²) in [5.74, 6) is 1.78. The van der Waals surface area contributed by atoms with Crippen molar-refractivity contribution in [2.75, 3.05) is 7.11 Å². The summed E-state index contributed by atoms with van der Waals surface area (Å²) in [4.78, 5) is 4.63. The fraction of sp³-hybridized carbons (Fsp3) is 0.722. The first-order valence-electron chi connectivity index (χ1n) is 8.10. The lowest BCUT2D eigenvalue weighted by atomic mass is 9.68. The lowest BCUT2D eigenvalue weighted by Crippen LogP contribution is -2.50. The molecule has 2 aliphatic carbocycles. The predicted molar refractivity (Wildman–Crippen MR) is 85.4 cm³/mol. The highest BCUT2D eigenvalue weighted by molar-refractivity contribution is 5.26. The standard InChI is InChI=1S/C18H28N2O/c1-12-8-15(21-5)9-14(20-12)11-19-16-17(2,3)13-6-7-18(16,4)10-13/h8-9,13,16,19H,6-7,10-11H2,1-5H3. The van der Waals surface area contributed by atoms with E-state index in [1.807, 2.05) is 19.1 Å². The minimum atomic E-state index is 0.390. The molecule has 2 aliphatic rings. The van der Waals surface area contributed by atoms with Gasteiger partial charge in [-0.2, -0.15) is 0 Å². The van der Waals surface area contributed by atoms with Gasteiger partial charge < -0.3 is 10.1 Å². The molecule has 2 bridgehead atoms. The van der Waals surface area contributed by atoms with E-state index in [1.165, 1.54) is 19.3 Å². The SMILES string of the molecule is COc1cc(C)nc(CNC2C3(C)CCC(C3)C2(C)C)c1. The molecule has 3 unspecified atom stereocenters. The van der Waals surface area contributed by atoms with Crippen molar-refractivity contribution in [1.82, 2.24) is 10.3 Å². The maximum atomic E-state index is 5.35. The second-order valence-electron chi connectivity index (χ2n) is 7.87. The molecule has 21 heavy (non-hydrogen) atoms. The number of rotatable bonds is 4. The van der Waals surface area contributed by atoms with Crippen LogP contribution in [0.15, 0.2) is 12.1 Å². The van der Waals surface area contributed by atoms with Gasteiger partial charge in [0.1, 0.15) is 5.75 Å². The average molecular weight is 288 g/mol. The minimum Gasteiger partial charge on any atom is -0.497 e. The molecule has 2 fully saturated rings. The van der Waals surface area contributed by atoms with Crippen molar-refractivity contribution in [2.24, 2.45) is 16.7 Å². The smallest absolute Gasteiger partial charge is 0.122 e. The molecular weight excluding hydrogens is 260 g/mol. The van der Waals surface area contributed by atoms with E-state index in [0.29, 0.717) is 16.9 Å². The fourth-order valence-corrected chi connectivity index (χ4v) is 4.93. The Morgan fingerprint density at radius 3 is 2.71 bits per heavy atom. The van der Waals surface area contributed by atoms with Crippen molar-refractivity contribution < 1.29 is 4.74 Å². The van der Waals surface area contributed by atoms with E-state index >= 15 is 0 Å². The lowest BCUT2D eigenvalue weighted by molar-refractivity contribution is 0.107. The van der Waals surface area contributed by atoms with Crippen molar-refractivity contribution in [1.29, 1.82) is 0 Å². The first-order chi connectivity index (χ1) is 9.85. The number of aromatic nitrogens is 1. The summed E-state index contributed by atoms with van der Waals surface area (Å²) in [5.41, 5.74) is 2.95. The van der Waals surface area contributed by atoms with Gasteiger partial charge >= 0.3 is 0 Å². The number of pyridine rings is 1. The predicted octanol–water partition coefficient (Wildman–Crippen LogP) is 3.70. The first-order valence-corrected chi connectivity index (χ1v) is 8.10. The molecule has 1 aromatic rings. The van der Waals surface area contributed by atoms with Gasteiger partial charge in [0.05, 0.1) is 12.8 Å². The van der Waals surface area contributed by atoms with Gasteiger partial charge in [0.2, 0.25) is 0 Å². The average Bonchev–Trinajstić information content (AvgIpc) is 2.88. The molecule has 0 aromatic carbocycles. The number of ether oxygens (including phenoxy) is 1. The number of methoxy groups -OCH3 is 1. The van der Waals surface area contributed by atoms with Crippen LogP contribution < -0.4 is 10.1 Å². The normalized spacial score (nSPS) is 33.4. The zero-order valence-corrected chi connectivity index (χ0v) is 14.0. The second kappa shape index (κ2) is 4.98. The summed E-state index contributed by atoms with van der Waals surface area (Å²) in [6, 6.07) is 4.60. The molecule has 0 radical (unpaired) electrons. The van der Waals surface area contributed by atoms with Crippen LogP contribution >= 0.6 is 0 Å². The molecule has 3 atom stereocenters. The van der Waals surface area contributed by atoms with Crippen LogP contribution in [0.2, 0.25) is 0 Å². The molecule has 3 nitrogen and oxygen atoms in total. The lowest BCUT2D eigenvalue weighted by Gasteiger charge is -2.43. The number of nitrogens with one attached hydrogen (secondary N) is 1. The Bertz CT molecular complexity index is 535. The van der Waals surface area contributed by atoms with Gasteiger partial charge in [0.25, 0.3) is 0 Å². The molecular formula is C18H28N2O. The van der Waals surface area contributed by atoms with Gasteiger partial charge in [0, 0.05) is 30.4 Å². The Labute approximate surface area is 128 Å². The molecule has 3 rings (SSSR count). The molecule has 0 spiro atoms. The molecule has 0 amide bonds. The fourth-order valence-electron chi connectivity index (χ4n) is 4.93. The Morgan fingerprint density at radius 1 is 1.33 bits per heavy atom. The van der Waals surface area contributed by atoms with E-state index < -0.39 is 0 Å². The highest BCUT2D eigenvalue weighted by Gasteiger charge is 2.58. The van der Waals surface area contributed by atoms with Crippen molar-refractivity contribution in [3.05, 3.63) is 23.5 Å². The quantitative estimate of drug-likeness (QED) is 0.917. The molecule has 1 N–H and O–H groups in total. The molecule has 3 heteroatoms. The third-order valence-corrected chi connectivity index (χ3v) is 5.97. The molecule has 1 heterocycles. The van der Waals surface area contributed by atoms with Gasteiger partial charge in [-0.1, -0.05) is 20.8 Å². The van der Waals surface area contributed by atoms with E-state index in [-0.39, 0.29) is 0 Å². The molecule has 1 aromatic heterocycles. The van der Waals surface area contributed by atoms with Crippen LogP contribution in [-0.2, 0) is 6.54 Å². The van der Waals surface area contributed by atoms with Crippen LogP contribution in [-0.4, -0.2) is 18.1 Å². The molecule has 2 saturated carbocycles. The van der Waals surface area contributed by atoms with Crippen LogP contribution in [0.5, 0.6) is 5.75 Å². The number of aryl methyl sites for hydroxylation is 1. The van der Waals surface area contributed by atoms with Crippen molar-refractivity contribution in [3.63, 3.8) is 0 Å². The van der Waals surface area contributed by atoms with Crippen LogP contribution in [0.3, 0.4) is 0 Å². The number of hydrogen-bond acceptors (Lipinski definition) is 3. The number of nitrogens with zero attached hydrogens (tertiary/aromatic N) is 1. The topological polar surface area (TPSA) is 34.1 Å². The zero-order chi connectivity index (χ0) is 15.3. The monoisotopic (exact) mass is 288 g/mol. The largest absolute Gasteiger partial charge is 0.497 e. The van der Waals surface area contributed by atoms with Gasteiger partial charge in [-0.25, -0.2) is 0 Å². The summed E-state index contributed by atoms with van der Waals surface area (Å²) >= 11 is 0. The Kier molecular flexibility index (Phi) is 3.52. The third-order valence-electron chi connectivity index (χ3n) is 5.97. The van der Waals surface area contributed by atoms with Gasteiger partial charge in [-0.3, -0.25) is 4.98 Å². The second-order valence-corrected chi connectivity index (χ2v) is 7.87. The summed E-state index contributed by atoms with van der Waals surface area (Å²) in [5, 5.41) is 3.82. The highest BCUT2D eigenvalue weighted by atomic mass is 16.5. The highest BCUT2D eigenvalue weighted by Crippen LogP contribution is 2.62. The van der Waals surface area contributed by atoms with Gasteiger partial charge in [0.15, 0.2) is 0 Å². The van der Waals surface area contributed by atoms with Crippen LogP contribution in [0.1, 0.15) is 51.4 Å². The summed E-state index contributed by atoms with van der Waals surface area (Å²) < 4.78 is 5.35. The van der Waals surface area contributed by atoms with E-state index in [0.717, 1.165) is 29.6 Å². The Balaban J connectivity index is 1.74. The Morgan fingerprint density at radius 2 is 2.10 bits per heavy atom. The zero-order valence-electron chi connectivity index (χ0n) is 14.0. The van der Waals surface area contributed by atoms with E-state index in [1.54, 1.807) is 7.11 Å². The number of fused-ring (bicyclic) bond motifs is 2. The van der Waals surface area contributed by atoms with Crippen LogP contribution in [0.25, 0.3) is 0 Å². The van der Waals surface area contributed by atoms with Gasteiger partial charge in [-0.05, 0) is 42.9 Å². The summed E-state index contributed by atoms with van der Waals surface area (Å²) in [6.07, 6.45) is 4.14. The Hall–Kier alpha value is -1.09. The number of hydrogen-bond donors (Lipinski definition) is 1. The maximum Gasteiger partial charge on any atom is 0.122 e. The van der Waals surface area contributed by atoms with E-state index in [2.05, 4.69) is 31.1 Å². The van der Waals surface area contributed by atoms with E-state index in [9.17, 15) is 0 Å². The molecule has 0 saturated heterocycles. The van der Waals surface area contributed by atoms with Crippen LogP contribution in [0.4, 0.5) is 0 Å². The van der Waals surface area contributed by atoms with Crippen LogP contribution in [0, 0.1) is 23.7 Å². The first kappa shape index (κ1) is 14.8. The summed E-state index contributed by atoms with van der Waals surface area (Å²) in [6.45, 7) is 10.2. The maximum absolute atomic E-state index is 5.35. The summed E-state index contributed by atoms with van der Waals surface area (Å²) in [7, 11) is 1.71. The molecule has 116 valence electrons. The van der Waals surface area contributed by atoms with Crippen molar-refractivity contribution in [3.8, 4) is 5.75 Å². The van der Waals surface area contributed by atoms with E-state index in [4.69, 9.17) is 4.74 Å².